The third kappa shape index (κ3) is 2.58. The number of ether oxygens (including phenoxy) is 1. The average Bonchev–Trinajstić information content (AvgIpc) is 2.90. The standard InChI is InChI=1S/C15H10F3NOS/c1-20-11-3-2-4-12-13(11)19-14(21-12)9-5-7-10(8-6-9)15(16,17)18/h2-8H,1H3. The van der Waals surface area contributed by atoms with Gasteiger partial charge in [0.05, 0.1) is 17.4 Å². The summed E-state index contributed by atoms with van der Waals surface area (Å²) in [5.41, 5.74) is 0.719. The molecule has 0 fully saturated rings. The molecule has 108 valence electrons. The Morgan fingerprint density at radius 2 is 1.76 bits per heavy atom. The molecule has 0 aliphatic rings. The van der Waals surface area contributed by atoms with Gasteiger partial charge in [-0.25, -0.2) is 4.98 Å². The molecule has 3 rings (SSSR count). The first-order valence-corrected chi connectivity index (χ1v) is 6.92. The number of hydrogen-bond acceptors (Lipinski definition) is 3. The minimum absolute atomic E-state index is 0.655. The Hall–Kier alpha value is -2.08. The van der Waals surface area contributed by atoms with Crippen molar-refractivity contribution in [2.24, 2.45) is 0 Å². The van der Waals surface area contributed by atoms with Crippen LogP contribution >= 0.6 is 11.3 Å². The maximum absolute atomic E-state index is 12.6. The number of para-hydroxylation sites is 1. The van der Waals surface area contributed by atoms with Gasteiger partial charge >= 0.3 is 6.18 Å². The van der Waals surface area contributed by atoms with Crippen molar-refractivity contribution < 1.29 is 17.9 Å². The van der Waals surface area contributed by atoms with Gasteiger partial charge in [0, 0.05) is 5.56 Å². The molecule has 6 heteroatoms. The molecule has 0 radical (unpaired) electrons. The molecule has 0 bridgehead atoms. The second kappa shape index (κ2) is 5.04. The van der Waals surface area contributed by atoms with Gasteiger partial charge in [0.1, 0.15) is 16.3 Å². The van der Waals surface area contributed by atoms with Gasteiger partial charge in [-0.1, -0.05) is 18.2 Å². The zero-order valence-corrected chi connectivity index (χ0v) is 11.8. The van der Waals surface area contributed by atoms with Crippen LogP contribution in [0, 0.1) is 0 Å². The summed E-state index contributed by atoms with van der Waals surface area (Å²) in [6.45, 7) is 0. The Labute approximate surface area is 122 Å². The zero-order chi connectivity index (χ0) is 15.0. The smallest absolute Gasteiger partial charge is 0.416 e. The Morgan fingerprint density at radius 3 is 2.38 bits per heavy atom. The number of methoxy groups -OCH3 is 1. The van der Waals surface area contributed by atoms with Crippen LogP contribution in [0.3, 0.4) is 0 Å². The van der Waals surface area contributed by atoms with Crippen LogP contribution in [0.2, 0.25) is 0 Å². The molecule has 1 heterocycles. The van der Waals surface area contributed by atoms with E-state index in [9.17, 15) is 13.2 Å². The van der Waals surface area contributed by atoms with Gasteiger partial charge in [-0.05, 0) is 24.3 Å². The van der Waals surface area contributed by atoms with Gasteiger partial charge in [-0.3, -0.25) is 0 Å². The fourth-order valence-electron chi connectivity index (χ4n) is 2.01. The summed E-state index contributed by atoms with van der Waals surface area (Å²) in [4.78, 5) is 4.46. The van der Waals surface area contributed by atoms with Crippen LogP contribution in [0.5, 0.6) is 5.75 Å². The van der Waals surface area contributed by atoms with Crippen LogP contribution in [0.4, 0.5) is 13.2 Å². The molecule has 0 saturated heterocycles. The minimum atomic E-state index is -4.32. The molecule has 0 saturated carbocycles. The number of thiazole rings is 1. The van der Waals surface area contributed by atoms with E-state index in [1.807, 2.05) is 12.1 Å². The number of benzene rings is 2. The molecule has 21 heavy (non-hydrogen) atoms. The summed E-state index contributed by atoms with van der Waals surface area (Å²) < 4.78 is 43.8. The molecule has 0 spiro atoms. The van der Waals surface area contributed by atoms with E-state index in [4.69, 9.17) is 4.74 Å². The molecule has 3 aromatic rings. The van der Waals surface area contributed by atoms with Crippen LogP contribution in [0.15, 0.2) is 42.5 Å². The van der Waals surface area contributed by atoms with E-state index in [1.54, 1.807) is 13.2 Å². The van der Waals surface area contributed by atoms with Crippen molar-refractivity contribution in [3.05, 3.63) is 48.0 Å². The van der Waals surface area contributed by atoms with Crippen LogP contribution < -0.4 is 4.74 Å². The van der Waals surface area contributed by atoms with Gasteiger partial charge in [0.15, 0.2) is 0 Å². The normalized spacial score (nSPS) is 11.8. The molecule has 2 nitrogen and oxygen atoms in total. The van der Waals surface area contributed by atoms with E-state index in [-0.39, 0.29) is 0 Å². The summed E-state index contributed by atoms with van der Waals surface area (Å²) in [6.07, 6.45) is -4.32. The summed E-state index contributed by atoms with van der Waals surface area (Å²) in [6, 6.07) is 10.6. The number of aromatic nitrogens is 1. The van der Waals surface area contributed by atoms with Gasteiger partial charge in [0.25, 0.3) is 0 Å². The molecule has 0 aliphatic carbocycles. The largest absolute Gasteiger partial charge is 0.494 e. The highest BCUT2D eigenvalue weighted by molar-refractivity contribution is 7.21. The third-order valence-electron chi connectivity index (χ3n) is 3.06. The summed E-state index contributed by atoms with van der Waals surface area (Å²) >= 11 is 1.42. The number of alkyl halides is 3. The van der Waals surface area contributed by atoms with E-state index in [2.05, 4.69) is 4.98 Å². The maximum atomic E-state index is 12.6. The van der Waals surface area contributed by atoms with Crippen molar-refractivity contribution in [2.75, 3.05) is 7.11 Å². The van der Waals surface area contributed by atoms with E-state index < -0.39 is 11.7 Å². The van der Waals surface area contributed by atoms with Crippen molar-refractivity contribution in [1.29, 1.82) is 0 Å². The van der Waals surface area contributed by atoms with E-state index in [0.717, 1.165) is 22.3 Å². The highest BCUT2D eigenvalue weighted by Crippen LogP contribution is 2.36. The first kappa shape index (κ1) is 13.9. The number of nitrogens with zero attached hydrogens (tertiary/aromatic N) is 1. The molecular weight excluding hydrogens is 299 g/mol. The Bertz CT molecular complexity index is 778. The number of fused-ring (bicyclic) bond motifs is 1. The lowest BCUT2D eigenvalue weighted by atomic mass is 10.1. The minimum Gasteiger partial charge on any atom is -0.494 e. The van der Waals surface area contributed by atoms with E-state index >= 15 is 0 Å². The predicted octanol–water partition coefficient (Wildman–Crippen LogP) is 4.99. The lowest BCUT2D eigenvalue weighted by molar-refractivity contribution is -0.137. The average molecular weight is 309 g/mol. The molecule has 1 aromatic heterocycles. The quantitative estimate of drug-likeness (QED) is 0.665. The lowest BCUT2D eigenvalue weighted by Crippen LogP contribution is -2.03. The van der Waals surface area contributed by atoms with Crippen molar-refractivity contribution in [1.82, 2.24) is 4.98 Å². The molecule has 0 aliphatic heterocycles. The molecular formula is C15H10F3NOS. The summed E-state index contributed by atoms with van der Waals surface area (Å²) in [7, 11) is 1.56. The van der Waals surface area contributed by atoms with Gasteiger partial charge < -0.3 is 4.74 Å². The second-order valence-corrected chi connectivity index (χ2v) is 5.43. The number of rotatable bonds is 2. The predicted molar refractivity (Wildman–Crippen MR) is 76.6 cm³/mol. The van der Waals surface area contributed by atoms with Crippen LogP contribution in [0.1, 0.15) is 5.56 Å². The number of halogens is 3. The van der Waals surface area contributed by atoms with Crippen molar-refractivity contribution in [3.8, 4) is 16.3 Å². The Kier molecular flexibility index (Phi) is 3.33. The molecule has 0 amide bonds. The maximum Gasteiger partial charge on any atom is 0.416 e. The summed E-state index contributed by atoms with van der Waals surface area (Å²) in [5.74, 6) is 0.655. The topological polar surface area (TPSA) is 22.1 Å². The molecule has 0 N–H and O–H groups in total. The van der Waals surface area contributed by atoms with Crippen LogP contribution in [-0.4, -0.2) is 12.1 Å². The Morgan fingerprint density at radius 1 is 1.05 bits per heavy atom. The van der Waals surface area contributed by atoms with Gasteiger partial charge in [-0.15, -0.1) is 11.3 Å². The molecule has 0 unspecified atom stereocenters. The van der Waals surface area contributed by atoms with Crippen molar-refractivity contribution >= 4 is 21.6 Å². The third-order valence-corrected chi connectivity index (χ3v) is 4.13. The zero-order valence-electron chi connectivity index (χ0n) is 10.9. The highest BCUT2D eigenvalue weighted by Gasteiger charge is 2.30. The van der Waals surface area contributed by atoms with Crippen molar-refractivity contribution in [3.63, 3.8) is 0 Å². The fraction of sp³-hybridized carbons (Fsp3) is 0.133. The second-order valence-electron chi connectivity index (χ2n) is 4.40. The molecule has 2 aromatic carbocycles. The molecule has 0 atom stereocenters. The van der Waals surface area contributed by atoms with Crippen LogP contribution in [-0.2, 0) is 6.18 Å². The first-order valence-electron chi connectivity index (χ1n) is 6.10. The first-order chi connectivity index (χ1) is 9.99. The summed E-state index contributed by atoms with van der Waals surface area (Å²) in [5, 5.41) is 0.670. The lowest BCUT2D eigenvalue weighted by Gasteiger charge is -2.06. The van der Waals surface area contributed by atoms with E-state index in [0.29, 0.717) is 16.3 Å². The van der Waals surface area contributed by atoms with Gasteiger partial charge in [-0.2, -0.15) is 13.2 Å². The monoisotopic (exact) mass is 309 g/mol. The highest BCUT2D eigenvalue weighted by atomic mass is 32.1. The van der Waals surface area contributed by atoms with Gasteiger partial charge in [0.2, 0.25) is 0 Å². The van der Waals surface area contributed by atoms with Crippen molar-refractivity contribution in [2.45, 2.75) is 6.18 Å². The number of hydrogen-bond donors (Lipinski definition) is 0. The van der Waals surface area contributed by atoms with Crippen LogP contribution in [0.25, 0.3) is 20.8 Å². The Balaban J connectivity index is 2.04. The fourth-order valence-corrected chi connectivity index (χ4v) is 3.00. The van der Waals surface area contributed by atoms with E-state index in [1.165, 1.54) is 23.5 Å². The SMILES string of the molecule is COc1cccc2sc(-c3ccc(C(F)(F)F)cc3)nc12.